The van der Waals surface area contributed by atoms with E-state index < -0.39 is 5.91 Å². The summed E-state index contributed by atoms with van der Waals surface area (Å²) in [5.41, 5.74) is 7.82. The summed E-state index contributed by atoms with van der Waals surface area (Å²) in [5, 5.41) is 6.95. The Labute approximate surface area is 135 Å². The van der Waals surface area contributed by atoms with Crippen molar-refractivity contribution in [2.75, 3.05) is 20.2 Å². The number of hydrogen-bond acceptors (Lipinski definition) is 4. The molecule has 1 saturated heterocycles. The molecular weight excluding hydrogens is 292 g/mol. The van der Waals surface area contributed by atoms with Crippen molar-refractivity contribution in [3.05, 3.63) is 47.3 Å². The third kappa shape index (κ3) is 3.71. The van der Waals surface area contributed by atoms with E-state index in [4.69, 9.17) is 10.5 Å². The molecule has 6 nitrogen and oxygen atoms in total. The van der Waals surface area contributed by atoms with Crippen LogP contribution in [0.15, 0.2) is 30.3 Å². The highest BCUT2D eigenvalue weighted by Gasteiger charge is 2.23. The van der Waals surface area contributed by atoms with Crippen LogP contribution in [0.2, 0.25) is 0 Å². The second kappa shape index (κ2) is 6.83. The molecule has 0 saturated carbocycles. The lowest BCUT2D eigenvalue weighted by Gasteiger charge is -2.32. The number of nitrogens with one attached hydrogen (secondary N) is 1. The van der Waals surface area contributed by atoms with Gasteiger partial charge < -0.3 is 10.5 Å². The summed E-state index contributed by atoms with van der Waals surface area (Å²) in [5.74, 6) is 0.752. The van der Waals surface area contributed by atoms with Gasteiger partial charge in [0.2, 0.25) is 0 Å². The molecular formula is C17H22N4O2. The number of carbonyl (C=O) groups is 1. The number of nitrogens with zero attached hydrogens (tertiary/aromatic N) is 2. The van der Waals surface area contributed by atoms with E-state index in [1.165, 1.54) is 5.56 Å². The van der Waals surface area contributed by atoms with Gasteiger partial charge in [-0.2, -0.15) is 5.10 Å². The van der Waals surface area contributed by atoms with Crippen LogP contribution in [0.3, 0.4) is 0 Å². The third-order valence-corrected chi connectivity index (χ3v) is 4.34. The summed E-state index contributed by atoms with van der Waals surface area (Å²) in [6, 6.07) is 9.95. The number of nitrogens with two attached hydrogens (primary N) is 1. The molecule has 3 N–H and O–H groups in total. The van der Waals surface area contributed by atoms with Crippen molar-refractivity contribution in [2.45, 2.75) is 25.3 Å². The Morgan fingerprint density at radius 3 is 3.09 bits per heavy atom. The van der Waals surface area contributed by atoms with E-state index in [1.807, 2.05) is 12.1 Å². The monoisotopic (exact) mass is 314 g/mol. The molecule has 6 heteroatoms. The molecule has 2 heterocycles. The number of aromatic amines is 1. The molecule has 1 atom stereocenters. The number of ether oxygens (including phenoxy) is 1. The second-order valence-electron chi connectivity index (χ2n) is 6.00. The minimum atomic E-state index is -0.489. The smallest absolute Gasteiger partial charge is 0.269 e. The molecule has 23 heavy (non-hydrogen) atoms. The lowest BCUT2D eigenvalue weighted by Crippen LogP contribution is -2.34. The first-order chi connectivity index (χ1) is 11.2. The van der Waals surface area contributed by atoms with Gasteiger partial charge in [0.15, 0.2) is 0 Å². The minimum absolute atomic E-state index is 0.310. The molecule has 122 valence electrons. The number of primary amides is 1. The number of hydrogen-bond donors (Lipinski definition) is 2. The summed E-state index contributed by atoms with van der Waals surface area (Å²) in [6.07, 6.45) is 2.22. The normalized spacial score (nSPS) is 18.7. The predicted octanol–water partition coefficient (Wildman–Crippen LogP) is 1.90. The Morgan fingerprint density at radius 1 is 1.48 bits per heavy atom. The molecule has 1 amide bonds. The van der Waals surface area contributed by atoms with Gasteiger partial charge in [-0.25, -0.2) is 0 Å². The average molecular weight is 314 g/mol. The Bertz CT molecular complexity index is 683. The van der Waals surface area contributed by atoms with Crippen LogP contribution < -0.4 is 10.5 Å². The van der Waals surface area contributed by atoms with Gasteiger partial charge in [0.05, 0.1) is 7.11 Å². The Kier molecular flexibility index (Phi) is 4.62. The largest absolute Gasteiger partial charge is 0.497 e. The van der Waals surface area contributed by atoms with Crippen molar-refractivity contribution in [3.63, 3.8) is 0 Å². The number of H-pyrrole nitrogens is 1. The van der Waals surface area contributed by atoms with Crippen molar-refractivity contribution in [2.24, 2.45) is 5.73 Å². The lowest BCUT2D eigenvalue weighted by atomic mass is 9.94. The lowest BCUT2D eigenvalue weighted by molar-refractivity contribution is 0.0995. The van der Waals surface area contributed by atoms with Gasteiger partial charge in [0.25, 0.3) is 5.91 Å². The van der Waals surface area contributed by atoms with Crippen molar-refractivity contribution >= 4 is 5.91 Å². The van der Waals surface area contributed by atoms with Gasteiger partial charge >= 0.3 is 0 Å². The number of likely N-dealkylation sites (tertiary alicyclic amines) is 1. The van der Waals surface area contributed by atoms with Crippen molar-refractivity contribution in [1.82, 2.24) is 15.1 Å². The van der Waals surface area contributed by atoms with Crippen LogP contribution in [0.25, 0.3) is 0 Å². The van der Waals surface area contributed by atoms with E-state index in [9.17, 15) is 4.79 Å². The molecule has 0 aliphatic carbocycles. The molecule has 0 spiro atoms. The van der Waals surface area contributed by atoms with Gasteiger partial charge in [-0.1, -0.05) is 12.1 Å². The predicted molar refractivity (Wildman–Crippen MR) is 87.4 cm³/mol. The number of aromatic nitrogens is 2. The first kappa shape index (κ1) is 15.6. The van der Waals surface area contributed by atoms with E-state index >= 15 is 0 Å². The zero-order valence-electron chi connectivity index (χ0n) is 13.3. The van der Waals surface area contributed by atoms with E-state index in [2.05, 4.69) is 27.2 Å². The maximum atomic E-state index is 11.2. The summed E-state index contributed by atoms with van der Waals surface area (Å²) in [7, 11) is 1.69. The molecule has 0 bridgehead atoms. The average Bonchev–Trinajstić information content (AvgIpc) is 3.06. The standard InChI is InChI=1S/C17H22N4O2/c1-23-14-6-2-4-12(8-14)10-21-7-3-5-13(11-21)15-9-16(17(18)22)20-19-15/h2,4,6,8-9,13H,3,5,7,10-11H2,1H3,(H2,18,22)(H,19,20). The highest BCUT2D eigenvalue weighted by molar-refractivity contribution is 5.90. The molecule has 1 fully saturated rings. The molecule has 1 unspecified atom stereocenters. The highest BCUT2D eigenvalue weighted by Crippen LogP contribution is 2.27. The van der Waals surface area contributed by atoms with Crippen LogP contribution in [0.5, 0.6) is 5.75 Å². The number of piperidine rings is 1. The third-order valence-electron chi connectivity index (χ3n) is 4.34. The van der Waals surface area contributed by atoms with Crippen molar-refractivity contribution < 1.29 is 9.53 Å². The summed E-state index contributed by atoms with van der Waals surface area (Å²) in [4.78, 5) is 13.6. The van der Waals surface area contributed by atoms with E-state index in [0.29, 0.717) is 11.6 Å². The Morgan fingerprint density at radius 2 is 2.35 bits per heavy atom. The molecule has 1 aliphatic heterocycles. The fourth-order valence-corrected chi connectivity index (χ4v) is 3.15. The quantitative estimate of drug-likeness (QED) is 0.883. The Balaban J connectivity index is 1.66. The zero-order chi connectivity index (χ0) is 16.2. The SMILES string of the molecule is COc1cccc(CN2CCCC(c3cc(C(N)=O)n[nH]3)C2)c1. The number of methoxy groups -OCH3 is 1. The minimum Gasteiger partial charge on any atom is -0.497 e. The summed E-state index contributed by atoms with van der Waals surface area (Å²) in [6.45, 7) is 2.91. The van der Waals surface area contributed by atoms with Crippen LogP contribution in [0.4, 0.5) is 0 Å². The van der Waals surface area contributed by atoms with Crippen LogP contribution in [-0.4, -0.2) is 41.2 Å². The van der Waals surface area contributed by atoms with Crippen molar-refractivity contribution in [3.8, 4) is 5.75 Å². The van der Waals surface area contributed by atoms with Gasteiger partial charge in [0.1, 0.15) is 11.4 Å². The zero-order valence-corrected chi connectivity index (χ0v) is 13.3. The van der Waals surface area contributed by atoms with E-state index in [1.54, 1.807) is 13.2 Å². The van der Waals surface area contributed by atoms with Gasteiger partial charge in [-0.3, -0.25) is 14.8 Å². The maximum absolute atomic E-state index is 11.2. The summed E-state index contributed by atoms with van der Waals surface area (Å²) >= 11 is 0. The van der Waals surface area contributed by atoms with E-state index in [-0.39, 0.29) is 0 Å². The summed E-state index contributed by atoms with van der Waals surface area (Å²) < 4.78 is 5.28. The molecule has 3 rings (SSSR count). The van der Waals surface area contributed by atoms with Crippen LogP contribution in [-0.2, 0) is 6.54 Å². The fourth-order valence-electron chi connectivity index (χ4n) is 3.15. The van der Waals surface area contributed by atoms with Gasteiger partial charge in [0, 0.05) is 24.7 Å². The number of rotatable bonds is 5. The Hall–Kier alpha value is -2.34. The van der Waals surface area contributed by atoms with Crippen LogP contribution >= 0.6 is 0 Å². The second-order valence-corrected chi connectivity index (χ2v) is 6.00. The van der Waals surface area contributed by atoms with Gasteiger partial charge in [-0.05, 0) is 43.1 Å². The fraction of sp³-hybridized carbons (Fsp3) is 0.412. The number of carbonyl (C=O) groups excluding carboxylic acids is 1. The first-order valence-corrected chi connectivity index (χ1v) is 7.86. The van der Waals surface area contributed by atoms with Gasteiger partial charge in [-0.15, -0.1) is 0 Å². The van der Waals surface area contributed by atoms with E-state index in [0.717, 1.165) is 43.9 Å². The molecule has 2 aromatic rings. The first-order valence-electron chi connectivity index (χ1n) is 7.86. The molecule has 1 aliphatic rings. The molecule has 1 aromatic heterocycles. The number of amides is 1. The van der Waals surface area contributed by atoms with Crippen molar-refractivity contribution in [1.29, 1.82) is 0 Å². The maximum Gasteiger partial charge on any atom is 0.269 e. The van der Waals surface area contributed by atoms with Crippen LogP contribution in [0.1, 0.15) is 40.5 Å². The number of benzene rings is 1. The van der Waals surface area contributed by atoms with Crippen LogP contribution in [0, 0.1) is 0 Å². The molecule has 1 aromatic carbocycles. The molecule has 0 radical (unpaired) electrons. The highest BCUT2D eigenvalue weighted by atomic mass is 16.5. The topological polar surface area (TPSA) is 84.2 Å².